The molecule has 5 heteroatoms. The number of fused-ring (bicyclic) bond motifs is 1. The van der Waals surface area contributed by atoms with Crippen LogP contribution in [0.4, 0.5) is 0 Å². The quantitative estimate of drug-likeness (QED) is 0.929. The molecule has 1 aromatic rings. The van der Waals surface area contributed by atoms with Crippen LogP contribution in [-0.4, -0.2) is 17.9 Å². The first-order chi connectivity index (χ1) is 8.13. The van der Waals surface area contributed by atoms with Crippen molar-refractivity contribution in [3.05, 3.63) is 21.7 Å². The maximum Gasteiger partial charge on any atom is 0.303 e. The van der Waals surface area contributed by atoms with Crippen molar-refractivity contribution in [1.29, 1.82) is 0 Å². The lowest BCUT2D eigenvalue weighted by Crippen LogP contribution is -2.01. The number of carboxylic acids is 1. The van der Waals surface area contributed by atoms with Gasteiger partial charge in [0, 0.05) is 12.0 Å². The van der Waals surface area contributed by atoms with Crippen LogP contribution in [0.3, 0.4) is 0 Å². The summed E-state index contributed by atoms with van der Waals surface area (Å²) in [5, 5.41) is 8.73. The Balaban J connectivity index is 2.38. The van der Waals surface area contributed by atoms with Gasteiger partial charge < -0.3 is 14.6 Å². The summed E-state index contributed by atoms with van der Waals surface area (Å²) in [7, 11) is 0. The van der Waals surface area contributed by atoms with Gasteiger partial charge in [-0.15, -0.1) is 0 Å². The van der Waals surface area contributed by atoms with Crippen molar-refractivity contribution in [3.63, 3.8) is 0 Å². The zero-order valence-electron chi connectivity index (χ0n) is 9.46. The molecular formula is C12H13BrO4. The molecule has 2 rings (SSSR count). The highest BCUT2D eigenvalue weighted by atomic mass is 79.9. The second-order valence-corrected chi connectivity index (χ2v) is 4.66. The van der Waals surface area contributed by atoms with Crippen molar-refractivity contribution in [2.45, 2.75) is 26.2 Å². The molecule has 1 aliphatic heterocycles. The average molecular weight is 301 g/mol. The molecule has 0 saturated heterocycles. The third-order valence-corrected chi connectivity index (χ3v) is 3.34. The Hall–Kier alpha value is -1.23. The number of hydrogen-bond donors (Lipinski definition) is 1. The molecule has 0 unspecified atom stereocenters. The number of ether oxygens (including phenoxy) is 2. The Kier molecular flexibility index (Phi) is 3.57. The fourth-order valence-electron chi connectivity index (χ4n) is 1.98. The lowest BCUT2D eigenvalue weighted by Gasteiger charge is -2.11. The van der Waals surface area contributed by atoms with Gasteiger partial charge in [-0.1, -0.05) is 6.92 Å². The summed E-state index contributed by atoms with van der Waals surface area (Å²) in [5.41, 5.74) is 2.05. The normalized spacial score (nSPS) is 12.8. The molecule has 1 N–H and O–H groups in total. The predicted octanol–water partition coefficient (Wildman–Crippen LogP) is 2.76. The van der Waals surface area contributed by atoms with Crippen molar-refractivity contribution < 1.29 is 19.4 Å². The first kappa shape index (κ1) is 12.2. The van der Waals surface area contributed by atoms with Crippen LogP contribution < -0.4 is 9.47 Å². The van der Waals surface area contributed by atoms with E-state index < -0.39 is 5.97 Å². The summed E-state index contributed by atoms with van der Waals surface area (Å²) in [4.78, 5) is 10.6. The first-order valence-corrected chi connectivity index (χ1v) is 6.24. The lowest BCUT2D eigenvalue weighted by molar-refractivity contribution is -0.136. The van der Waals surface area contributed by atoms with Gasteiger partial charge in [0.15, 0.2) is 11.5 Å². The summed E-state index contributed by atoms with van der Waals surface area (Å²) < 4.78 is 11.6. The molecule has 1 heterocycles. The molecular weight excluding hydrogens is 288 g/mol. The zero-order valence-corrected chi connectivity index (χ0v) is 11.0. The number of hydrogen-bond acceptors (Lipinski definition) is 3. The van der Waals surface area contributed by atoms with E-state index in [0.29, 0.717) is 6.42 Å². The molecule has 0 aliphatic carbocycles. The average Bonchev–Trinajstić information content (AvgIpc) is 2.76. The Morgan fingerprint density at radius 2 is 2.18 bits per heavy atom. The van der Waals surface area contributed by atoms with Crippen LogP contribution in [-0.2, 0) is 17.6 Å². The van der Waals surface area contributed by atoms with E-state index in [0.717, 1.165) is 33.5 Å². The number of aryl methyl sites for hydroxylation is 1. The van der Waals surface area contributed by atoms with Crippen molar-refractivity contribution in [2.75, 3.05) is 6.79 Å². The zero-order chi connectivity index (χ0) is 12.4. The number of rotatable bonds is 4. The number of benzene rings is 1. The monoisotopic (exact) mass is 300 g/mol. The van der Waals surface area contributed by atoms with Crippen molar-refractivity contribution in [3.8, 4) is 11.5 Å². The van der Waals surface area contributed by atoms with Crippen molar-refractivity contribution >= 4 is 21.9 Å². The molecule has 0 atom stereocenters. The third kappa shape index (κ3) is 2.39. The molecule has 0 amide bonds. The second-order valence-electron chi connectivity index (χ2n) is 3.81. The molecule has 1 aromatic carbocycles. The standard InChI is InChI=1S/C12H13BrO4/c1-2-8-7(3-4-10(14)15)5-9(13)12-11(8)16-6-17-12/h5H,2-4,6H2,1H3,(H,14,15). The molecule has 0 spiro atoms. The SMILES string of the molecule is CCc1c(CCC(=O)O)cc(Br)c2c1OCO2. The van der Waals surface area contributed by atoms with E-state index in [1.165, 1.54) is 0 Å². The summed E-state index contributed by atoms with van der Waals surface area (Å²) in [6.07, 6.45) is 1.43. The van der Waals surface area contributed by atoms with E-state index in [-0.39, 0.29) is 13.2 Å². The highest BCUT2D eigenvalue weighted by Gasteiger charge is 2.23. The van der Waals surface area contributed by atoms with Crippen LogP contribution in [0.5, 0.6) is 11.5 Å². The molecule has 0 bridgehead atoms. The van der Waals surface area contributed by atoms with Gasteiger partial charge in [0.2, 0.25) is 6.79 Å². The molecule has 1 aliphatic rings. The molecule has 17 heavy (non-hydrogen) atoms. The van der Waals surface area contributed by atoms with Gasteiger partial charge in [-0.3, -0.25) is 4.79 Å². The summed E-state index contributed by atoms with van der Waals surface area (Å²) >= 11 is 3.42. The van der Waals surface area contributed by atoms with Crippen LogP contribution in [0.2, 0.25) is 0 Å². The topological polar surface area (TPSA) is 55.8 Å². The van der Waals surface area contributed by atoms with Gasteiger partial charge in [-0.2, -0.15) is 0 Å². The van der Waals surface area contributed by atoms with Gasteiger partial charge in [-0.05, 0) is 40.4 Å². The highest BCUT2D eigenvalue weighted by molar-refractivity contribution is 9.10. The van der Waals surface area contributed by atoms with Crippen LogP contribution in [0.15, 0.2) is 10.5 Å². The Morgan fingerprint density at radius 3 is 2.82 bits per heavy atom. The van der Waals surface area contributed by atoms with Crippen LogP contribution in [0.25, 0.3) is 0 Å². The molecule has 0 fully saturated rings. The minimum Gasteiger partial charge on any atom is -0.481 e. The minimum atomic E-state index is -0.791. The first-order valence-electron chi connectivity index (χ1n) is 5.45. The fraction of sp³-hybridized carbons (Fsp3) is 0.417. The molecule has 0 radical (unpaired) electrons. The molecule has 92 valence electrons. The number of carbonyl (C=O) groups is 1. The maximum absolute atomic E-state index is 10.6. The summed E-state index contributed by atoms with van der Waals surface area (Å²) in [5.74, 6) is 0.684. The van der Waals surface area contributed by atoms with Gasteiger partial charge in [-0.25, -0.2) is 0 Å². The minimum absolute atomic E-state index is 0.124. The van der Waals surface area contributed by atoms with Crippen molar-refractivity contribution in [2.24, 2.45) is 0 Å². The van der Waals surface area contributed by atoms with Gasteiger partial charge in [0.25, 0.3) is 0 Å². The largest absolute Gasteiger partial charge is 0.481 e. The van der Waals surface area contributed by atoms with Gasteiger partial charge in [0.1, 0.15) is 0 Å². The van der Waals surface area contributed by atoms with E-state index in [1.54, 1.807) is 0 Å². The maximum atomic E-state index is 10.6. The van der Waals surface area contributed by atoms with E-state index in [9.17, 15) is 4.79 Å². The number of halogens is 1. The highest BCUT2D eigenvalue weighted by Crippen LogP contribution is 2.44. The van der Waals surface area contributed by atoms with Crippen LogP contribution in [0, 0.1) is 0 Å². The van der Waals surface area contributed by atoms with Gasteiger partial charge in [0.05, 0.1) is 4.47 Å². The van der Waals surface area contributed by atoms with E-state index >= 15 is 0 Å². The Morgan fingerprint density at radius 1 is 1.47 bits per heavy atom. The van der Waals surface area contributed by atoms with Crippen molar-refractivity contribution in [1.82, 2.24) is 0 Å². The van der Waals surface area contributed by atoms with Gasteiger partial charge >= 0.3 is 5.97 Å². The fourth-order valence-corrected chi connectivity index (χ4v) is 2.55. The van der Waals surface area contributed by atoms with E-state index in [4.69, 9.17) is 14.6 Å². The molecule has 4 nitrogen and oxygen atoms in total. The Bertz CT molecular complexity index is 456. The molecule has 0 saturated carbocycles. The van der Waals surface area contributed by atoms with Crippen LogP contribution >= 0.6 is 15.9 Å². The smallest absolute Gasteiger partial charge is 0.303 e. The third-order valence-electron chi connectivity index (χ3n) is 2.75. The summed E-state index contributed by atoms with van der Waals surface area (Å²) in [6.45, 7) is 2.25. The van der Waals surface area contributed by atoms with Crippen LogP contribution in [0.1, 0.15) is 24.5 Å². The van der Waals surface area contributed by atoms with E-state index in [1.807, 2.05) is 13.0 Å². The van der Waals surface area contributed by atoms with E-state index in [2.05, 4.69) is 15.9 Å². The second kappa shape index (κ2) is 4.96. The molecule has 0 aromatic heterocycles. The lowest BCUT2D eigenvalue weighted by atomic mass is 9.99. The number of aliphatic carboxylic acids is 1. The predicted molar refractivity (Wildman–Crippen MR) is 65.6 cm³/mol. The number of carboxylic acid groups (broad SMARTS) is 1. The Labute approximate surface area is 108 Å². The summed E-state index contributed by atoms with van der Waals surface area (Å²) in [6, 6.07) is 1.93.